The lowest BCUT2D eigenvalue weighted by atomic mass is 10.1. The maximum Gasteiger partial charge on any atom is 0.125 e. The second kappa shape index (κ2) is 5.30. The van der Waals surface area contributed by atoms with Crippen LogP contribution in [0.4, 0.5) is 10.1 Å². The van der Waals surface area contributed by atoms with E-state index in [-0.39, 0.29) is 5.82 Å². The van der Waals surface area contributed by atoms with Crippen LogP contribution >= 0.6 is 0 Å². The standard InChI is InChI=1S/C13H19FN2/c14-12-6-5-11(4-3-7-15)13(10-12)16-8-1-2-9-16/h5-6,10H,1-4,7-9,15H2. The fourth-order valence-electron chi connectivity index (χ4n) is 2.29. The quantitative estimate of drug-likeness (QED) is 0.847. The molecule has 0 aromatic heterocycles. The Morgan fingerprint density at radius 2 is 2.00 bits per heavy atom. The van der Waals surface area contributed by atoms with E-state index in [2.05, 4.69) is 4.90 Å². The molecule has 1 saturated heterocycles. The average Bonchev–Trinajstić information content (AvgIpc) is 2.80. The normalized spacial score (nSPS) is 15.8. The van der Waals surface area contributed by atoms with Crippen molar-refractivity contribution < 1.29 is 4.39 Å². The molecule has 16 heavy (non-hydrogen) atoms. The van der Waals surface area contributed by atoms with Crippen molar-refractivity contribution in [3.05, 3.63) is 29.6 Å². The van der Waals surface area contributed by atoms with E-state index in [0.717, 1.165) is 31.6 Å². The van der Waals surface area contributed by atoms with Crippen molar-refractivity contribution >= 4 is 5.69 Å². The Bertz CT molecular complexity index is 346. The van der Waals surface area contributed by atoms with E-state index >= 15 is 0 Å². The zero-order chi connectivity index (χ0) is 11.4. The summed E-state index contributed by atoms with van der Waals surface area (Å²) in [6.45, 7) is 2.80. The summed E-state index contributed by atoms with van der Waals surface area (Å²) in [7, 11) is 0. The minimum Gasteiger partial charge on any atom is -0.371 e. The summed E-state index contributed by atoms with van der Waals surface area (Å²) in [5.74, 6) is -0.140. The number of aryl methyl sites for hydroxylation is 1. The molecule has 2 nitrogen and oxygen atoms in total. The predicted molar refractivity (Wildman–Crippen MR) is 65.2 cm³/mol. The molecule has 3 heteroatoms. The first-order chi connectivity index (χ1) is 7.81. The van der Waals surface area contributed by atoms with E-state index in [9.17, 15) is 4.39 Å². The van der Waals surface area contributed by atoms with E-state index in [1.165, 1.54) is 18.4 Å². The summed E-state index contributed by atoms with van der Waals surface area (Å²) in [5.41, 5.74) is 7.83. The predicted octanol–water partition coefficient (Wildman–Crippen LogP) is 2.32. The molecular weight excluding hydrogens is 203 g/mol. The van der Waals surface area contributed by atoms with Crippen LogP contribution in [-0.2, 0) is 6.42 Å². The van der Waals surface area contributed by atoms with Crippen molar-refractivity contribution in [2.45, 2.75) is 25.7 Å². The molecule has 2 N–H and O–H groups in total. The Morgan fingerprint density at radius 3 is 2.69 bits per heavy atom. The van der Waals surface area contributed by atoms with Crippen LogP contribution in [0.15, 0.2) is 18.2 Å². The highest BCUT2D eigenvalue weighted by Gasteiger charge is 2.16. The van der Waals surface area contributed by atoms with Crippen LogP contribution in [0.2, 0.25) is 0 Å². The van der Waals surface area contributed by atoms with Crippen LogP contribution in [0.1, 0.15) is 24.8 Å². The lowest BCUT2D eigenvalue weighted by Gasteiger charge is -2.21. The molecule has 1 aliphatic rings. The number of benzene rings is 1. The zero-order valence-electron chi connectivity index (χ0n) is 9.58. The Balaban J connectivity index is 2.21. The monoisotopic (exact) mass is 222 g/mol. The highest BCUT2D eigenvalue weighted by Crippen LogP contribution is 2.26. The average molecular weight is 222 g/mol. The van der Waals surface area contributed by atoms with Crippen LogP contribution in [-0.4, -0.2) is 19.6 Å². The first kappa shape index (κ1) is 11.4. The molecule has 0 radical (unpaired) electrons. The van der Waals surface area contributed by atoms with E-state index < -0.39 is 0 Å². The van der Waals surface area contributed by atoms with Gasteiger partial charge in [0.1, 0.15) is 5.82 Å². The van der Waals surface area contributed by atoms with Crippen molar-refractivity contribution in [3.8, 4) is 0 Å². The third-order valence-electron chi connectivity index (χ3n) is 3.14. The number of hydrogen-bond donors (Lipinski definition) is 1. The molecule has 1 fully saturated rings. The number of nitrogens with two attached hydrogens (primary N) is 1. The molecule has 2 rings (SSSR count). The molecule has 1 heterocycles. The van der Waals surface area contributed by atoms with Crippen LogP contribution < -0.4 is 10.6 Å². The van der Waals surface area contributed by atoms with Crippen molar-refractivity contribution in [1.29, 1.82) is 0 Å². The van der Waals surface area contributed by atoms with Gasteiger partial charge in [-0.3, -0.25) is 0 Å². The maximum atomic E-state index is 13.3. The molecule has 1 aromatic rings. The Kier molecular flexibility index (Phi) is 3.78. The number of nitrogens with zero attached hydrogens (tertiary/aromatic N) is 1. The van der Waals surface area contributed by atoms with Gasteiger partial charge in [0.05, 0.1) is 0 Å². The molecule has 0 atom stereocenters. The van der Waals surface area contributed by atoms with Gasteiger partial charge >= 0.3 is 0 Å². The minimum atomic E-state index is -0.140. The van der Waals surface area contributed by atoms with E-state index in [0.29, 0.717) is 6.54 Å². The smallest absolute Gasteiger partial charge is 0.125 e. The molecule has 1 aromatic carbocycles. The second-order valence-corrected chi connectivity index (χ2v) is 4.36. The highest BCUT2D eigenvalue weighted by atomic mass is 19.1. The van der Waals surface area contributed by atoms with Crippen molar-refractivity contribution in [1.82, 2.24) is 0 Å². The molecule has 0 amide bonds. The summed E-state index contributed by atoms with van der Waals surface area (Å²) in [4.78, 5) is 2.29. The van der Waals surface area contributed by atoms with Gasteiger partial charge in [-0.25, -0.2) is 4.39 Å². The van der Waals surface area contributed by atoms with Gasteiger partial charge in [0.25, 0.3) is 0 Å². The SMILES string of the molecule is NCCCc1ccc(F)cc1N1CCCC1. The molecule has 0 aliphatic carbocycles. The molecule has 0 unspecified atom stereocenters. The van der Waals surface area contributed by atoms with Gasteiger partial charge in [-0.05, 0) is 49.9 Å². The van der Waals surface area contributed by atoms with Gasteiger partial charge < -0.3 is 10.6 Å². The van der Waals surface area contributed by atoms with Gasteiger partial charge in [0.15, 0.2) is 0 Å². The molecule has 88 valence electrons. The summed E-state index contributed by atoms with van der Waals surface area (Å²) in [6.07, 6.45) is 4.34. The van der Waals surface area contributed by atoms with Crippen LogP contribution in [0, 0.1) is 5.82 Å². The van der Waals surface area contributed by atoms with Crippen LogP contribution in [0.3, 0.4) is 0 Å². The fraction of sp³-hybridized carbons (Fsp3) is 0.538. The van der Waals surface area contributed by atoms with Gasteiger partial charge in [-0.2, -0.15) is 0 Å². The Labute approximate surface area is 96.2 Å². The first-order valence-corrected chi connectivity index (χ1v) is 6.04. The van der Waals surface area contributed by atoms with E-state index in [1.807, 2.05) is 6.07 Å². The number of halogens is 1. The van der Waals surface area contributed by atoms with Gasteiger partial charge in [-0.15, -0.1) is 0 Å². The second-order valence-electron chi connectivity index (χ2n) is 4.36. The molecule has 0 spiro atoms. The maximum absolute atomic E-state index is 13.3. The third kappa shape index (κ3) is 2.53. The number of anilines is 1. The number of hydrogen-bond acceptors (Lipinski definition) is 2. The van der Waals surface area contributed by atoms with Gasteiger partial charge in [-0.1, -0.05) is 6.07 Å². The lowest BCUT2D eigenvalue weighted by Crippen LogP contribution is -2.19. The summed E-state index contributed by atoms with van der Waals surface area (Å²) >= 11 is 0. The molecule has 0 saturated carbocycles. The third-order valence-corrected chi connectivity index (χ3v) is 3.14. The zero-order valence-corrected chi connectivity index (χ0v) is 9.58. The van der Waals surface area contributed by atoms with Crippen LogP contribution in [0.25, 0.3) is 0 Å². The van der Waals surface area contributed by atoms with Crippen molar-refractivity contribution in [2.24, 2.45) is 5.73 Å². The van der Waals surface area contributed by atoms with Crippen molar-refractivity contribution in [2.75, 3.05) is 24.5 Å². The Hall–Kier alpha value is -1.09. The highest BCUT2D eigenvalue weighted by molar-refractivity contribution is 5.54. The van der Waals surface area contributed by atoms with E-state index in [1.54, 1.807) is 12.1 Å². The fourth-order valence-corrected chi connectivity index (χ4v) is 2.29. The Morgan fingerprint density at radius 1 is 1.25 bits per heavy atom. The first-order valence-electron chi connectivity index (χ1n) is 6.04. The number of rotatable bonds is 4. The van der Waals surface area contributed by atoms with Crippen LogP contribution in [0.5, 0.6) is 0 Å². The summed E-state index contributed by atoms with van der Waals surface area (Å²) in [5, 5.41) is 0. The van der Waals surface area contributed by atoms with Crippen molar-refractivity contribution in [3.63, 3.8) is 0 Å². The molecule has 0 bridgehead atoms. The summed E-state index contributed by atoms with van der Waals surface area (Å²) in [6, 6.07) is 5.11. The largest absolute Gasteiger partial charge is 0.371 e. The molecule has 1 aliphatic heterocycles. The van der Waals surface area contributed by atoms with Gasteiger partial charge in [0, 0.05) is 18.8 Å². The van der Waals surface area contributed by atoms with E-state index in [4.69, 9.17) is 5.73 Å². The summed E-state index contributed by atoms with van der Waals surface area (Å²) < 4.78 is 13.3. The minimum absolute atomic E-state index is 0.140. The lowest BCUT2D eigenvalue weighted by molar-refractivity contribution is 0.626. The topological polar surface area (TPSA) is 29.3 Å². The van der Waals surface area contributed by atoms with Gasteiger partial charge in [0.2, 0.25) is 0 Å². The molecular formula is C13H19FN2.